The van der Waals surface area contributed by atoms with Gasteiger partial charge in [-0.3, -0.25) is 19.8 Å². The van der Waals surface area contributed by atoms with E-state index in [-0.39, 0.29) is 12.1 Å². The van der Waals surface area contributed by atoms with Gasteiger partial charge in [-0.2, -0.15) is 0 Å². The molecule has 4 amide bonds. The van der Waals surface area contributed by atoms with Crippen LogP contribution < -0.4 is 10.1 Å². The lowest BCUT2D eigenvalue weighted by molar-refractivity contribution is -0.129. The zero-order valence-corrected chi connectivity index (χ0v) is 17.4. The molecule has 0 radical (unpaired) electrons. The number of imide groups is 2. The smallest absolute Gasteiger partial charge is 0.331 e. The number of carbonyl (C=O) groups is 3. The summed E-state index contributed by atoms with van der Waals surface area (Å²) in [5.41, 5.74) is 2.72. The first-order valence-corrected chi connectivity index (χ1v) is 10.1. The number of nitrogens with zero attached hydrogens (tertiary/aromatic N) is 2. The van der Waals surface area contributed by atoms with Crippen molar-refractivity contribution in [2.45, 2.75) is 20.4 Å². The fourth-order valence-corrected chi connectivity index (χ4v) is 3.68. The van der Waals surface area contributed by atoms with Crippen molar-refractivity contribution in [1.29, 1.82) is 0 Å². The molecule has 1 saturated heterocycles. The van der Waals surface area contributed by atoms with Gasteiger partial charge < -0.3 is 9.30 Å². The van der Waals surface area contributed by atoms with Crippen LogP contribution in [0.4, 0.5) is 4.79 Å². The zero-order valence-electron chi connectivity index (χ0n) is 17.4. The van der Waals surface area contributed by atoms with E-state index in [4.69, 9.17) is 4.74 Å². The van der Waals surface area contributed by atoms with E-state index in [0.29, 0.717) is 13.2 Å². The highest BCUT2D eigenvalue weighted by Gasteiger charge is 2.34. The Bertz CT molecular complexity index is 1210. The minimum atomic E-state index is -0.689. The second-order valence-electron chi connectivity index (χ2n) is 7.28. The summed E-state index contributed by atoms with van der Waals surface area (Å²) < 4.78 is 7.96. The number of likely N-dealkylation sites (N-methyl/N-ethyl adjacent to an activating group) is 1. The molecular weight excluding hydrogens is 394 g/mol. The number of aryl methyl sites for hydroxylation is 1. The summed E-state index contributed by atoms with van der Waals surface area (Å²) >= 11 is 0. The number of carbonyl (C=O) groups excluding carboxylic acids is 3. The molecule has 1 aromatic heterocycles. The standard InChI is InChI=1S/C24H23N3O4/c1-3-27-23(29)19(22(28)25-24(27)30)14-17-15-26(20-10-6-5-9-18(17)20)12-13-31-21-11-7-4-8-16(21)2/h4-11,14-15H,3,12-13H2,1-2H3,(H,25,28,30)/b19-14-. The number of benzene rings is 2. The first-order valence-electron chi connectivity index (χ1n) is 10.1. The number of aromatic nitrogens is 1. The average molecular weight is 417 g/mol. The van der Waals surface area contributed by atoms with Gasteiger partial charge in [0.05, 0.1) is 6.54 Å². The minimum absolute atomic E-state index is 0.0551. The van der Waals surface area contributed by atoms with E-state index >= 15 is 0 Å². The summed E-state index contributed by atoms with van der Waals surface area (Å²) in [6.07, 6.45) is 3.44. The first-order chi connectivity index (χ1) is 15.0. The van der Waals surface area contributed by atoms with Gasteiger partial charge >= 0.3 is 6.03 Å². The van der Waals surface area contributed by atoms with Gasteiger partial charge in [0.2, 0.25) is 0 Å². The first kappa shape index (κ1) is 20.4. The molecule has 3 aromatic rings. The Balaban J connectivity index is 1.63. The molecule has 1 fully saturated rings. The summed E-state index contributed by atoms with van der Waals surface area (Å²) in [5, 5.41) is 3.13. The van der Waals surface area contributed by atoms with Crippen molar-refractivity contribution in [2.75, 3.05) is 13.2 Å². The molecule has 0 unspecified atom stereocenters. The van der Waals surface area contributed by atoms with Crippen LogP contribution in [0.5, 0.6) is 5.75 Å². The van der Waals surface area contributed by atoms with E-state index in [1.165, 1.54) is 0 Å². The maximum Gasteiger partial charge on any atom is 0.331 e. The van der Waals surface area contributed by atoms with Crippen LogP contribution in [0, 0.1) is 6.92 Å². The Morgan fingerprint density at radius 1 is 1.03 bits per heavy atom. The third-order valence-corrected chi connectivity index (χ3v) is 5.30. The van der Waals surface area contributed by atoms with Crippen LogP contribution in [0.1, 0.15) is 18.1 Å². The van der Waals surface area contributed by atoms with Gasteiger partial charge in [0, 0.05) is 29.2 Å². The summed E-state index contributed by atoms with van der Waals surface area (Å²) in [6, 6.07) is 14.9. The third kappa shape index (κ3) is 3.94. The van der Waals surface area contributed by atoms with Gasteiger partial charge in [0.1, 0.15) is 17.9 Å². The molecule has 0 spiro atoms. The Hall–Kier alpha value is -3.87. The van der Waals surface area contributed by atoms with Crippen LogP contribution in [-0.2, 0) is 16.1 Å². The fourth-order valence-electron chi connectivity index (χ4n) is 3.68. The Kier molecular flexibility index (Phi) is 5.58. The predicted octanol–water partition coefficient (Wildman–Crippen LogP) is 3.51. The maximum absolute atomic E-state index is 12.6. The van der Waals surface area contributed by atoms with E-state index in [1.54, 1.807) is 13.0 Å². The van der Waals surface area contributed by atoms with Gasteiger partial charge in [-0.05, 0) is 37.6 Å². The lowest BCUT2D eigenvalue weighted by Gasteiger charge is -2.24. The molecule has 0 atom stereocenters. The molecule has 158 valence electrons. The summed E-state index contributed by atoms with van der Waals surface area (Å²) in [6.45, 7) is 4.94. The van der Waals surface area contributed by atoms with Gasteiger partial charge in [0.25, 0.3) is 11.8 Å². The SMILES string of the molecule is CCN1C(=O)NC(=O)/C(=C/c2cn(CCOc3ccccc3C)c3ccccc23)C1=O. The van der Waals surface area contributed by atoms with E-state index in [9.17, 15) is 14.4 Å². The molecule has 7 heteroatoms. The summed E-state index contributed by atoms with van der Waals surface area (Å²) in [4.78, 5) is 37.8. The molecule has 0 saturated carbocycles. The van der Waals surface area contributed by atoms with Crippen molar-refractivity contribution in [3.05, 3.63) is 71.4 Å². The molecule has 31 heavy (non-hydrogen) atoms. The topological polar surface area (TPSA) is 80.6 Å². The molecule has 1 aliphatic heterocycles. The Labute approximate surface area is 179 Å². The monoisotopic (exact) mass is 417 g/mol. The number of urea groups is 1. The summed E-state index contributed by atoms with van der Waals surface area (Å²) in [5.74, 6) is -0.425. The Morgan fingerprint density at radius 2 is 1.77 bits per heavy atom. The number of rotatable bonds is 6. The number of hydrogen-bond acceptors (Lipinski definition) is 4. The Morgan fingerprint density at radius 3 is 2.55 bits per heavy atom. The van der Waals surface area contributed by atoms with Crippen molar-refractivity contribution in [1.82, 2.24) is 14.8 Å². The number of hydrogen-bond donors (Lipinski definition) is 1. The number of ether oxygens (including phenoxy) is 1. The molecule has 2 heterocycles. The average Bonchev–Trinajstić information content (AvgIpc) is 3.10. The van der Waals surface area contributed by atoms with Crippen LogP contribution in [0.25, 0.3) is 17.0 Å². The number of para-hydroxylation sites is 2. The van der Waals surface area contributed by atoms with Gasteiger partial charge in [-0.1, -0.05) is 36.4 Å². The van der Waals surface area contributed by atoms with E-state index < -0.39 is 17.8 Å². The van der Waals surface area contributed by atoms with Crippen molar-refractivity contribution >= 4 is 34.8 Å². The highest BCUT2D eigenvalue weighted by atomic mass is 16.5. The molecule has 1 N–H and O–H groups in total. The highest BCUT2D eigenvalue weighted by Crippen LogP contribution is 2.25. The normalized spacial score (nSPS) is 15.6. The van der Waals surface area contributed by atoms with Gasteiger partial charge in [-0.25, -0.2) is 4.79 Å². The zero-order chi connectivity index (χ0) is 22.0. The second-order valence-corrected chi connectivity index (χ2v) is 7.28. The third-order valence-electron chi connectivity index (χ3n) is 5.30. The van der Waals surface area contributed by atoms with Crippen molar-refractivity contribution in [2.24, 2.45) is 0 Å². The highest BCUT2D eigenvalue weighted by molar-refractivity contribution is 6.31. The van der Waals surface area contributed by atoms with Crippen molar-refractivity contribution in [3.8, 4) is 5.75 Å². The lowest BCUT2D eigenvalue weighted by atomic mass is 10.1. The number of amides is 4. The quantitative estimate of drug-likeness (QED) is 0.492. The molecule has 4 rings (SSSR count). The van der Waals surface area contributed by atoms with E-state index in [2.05, 4.69) is 5.32 Å². The molecule has 2 aromatic carbocycles. The largest absolute Gasteiger partial charge is 0.491 e. The summed E-state index contributed by atoms with van der Waals surface area (Å²) in [7, 11) is 0. The minimum Gasteiger partial charge on any atom is -0.491 e. The van der Waals surface area contributed by atoms with Crippen LogP contribution in [0.3, 0.4) is 0 Å². The van der Waals surface area contributed by atoms with Crippen LogP contribution in [0.15, 0.2) is 60.3 Å². The van der Waals surface area contributed by atoms with Crippen LogP contribution in [-0.4, -0.2) is 40.5 Å². The fraction of sp³-hybridized carbons (Fsp3) is 0.208. The number of nitrogens with one attached hydrogen (secondary N) is 1. The molecule has 1 aliphatic rings. The second kappa shape index (κ2) is 8.47. The van der Waals surface area contributed by atoms with E-state index in [0.717, 1.165) is 32.7 Å². The number of fused-ring (bicyclic) bond motifs is 1. The van der Waals surface area contributed by atoms with Gasteiger partial charge in [0.15, 0.2) is 0 Å². The molecule has 7 nitrogen and oxygen atoms in total. The molecule has 0 aliphatic carbocycles. The predicted molar refractivity (Wildman–Crippen MR) is 118 cm³/mol. The number of barbiturate groups is 1. The van der Waals surface area contributed by atoms with Crippen LogP contribution >= 0.6 is 0 Å². The molecule has 0 bridgehead atoms. The van der Waals surface area contributed by atoms with Crippen LogP contribution in [0.2, 0.25) is 0 Å². The molecular formula is C24H23N3O4. The lowest BCUT2D eigenvalue weighted by Crippen LogP contribution is -2.53. The van der Waals surface area contributed by atoms with Crippen molar-refractivity contribution < 1.29 is 19.1 Å². The van der Waals surface area contributed by atoms with Crippen molar-refractivity contribution in [3.63, 3.8) is 0 Å². The van der Waals surface area contributed by atoms with Gasteiger partial charge in [-0.15, -0.1) is 0 Å². The van der Waals surface area contributed by atoms with E-state index in [1.807, 2.05) is 66.2 Å². The maximum atomic E-state index is 12.6.